The van der Waals surface area contributed by atoms with Crippen molar-refractivity contribution in [1.29, 1.82) is 0 Å². The molecule has 0 aliphatic carbocycles. The first kappa shape index (κ1) is 17.8. The minimum absolute atomic E-state index is 0.727. The average Bonchev–Trinajstić information content (AvgIpc) is 2.69. The van der Waals surface area contributed by atoms with E-state index in [4.69, 9.17) is 9.47 Å². The number of benzene rings is 2. The second-order valence-electron chi connectivity index (χ2n) is 6.30. The van der Waals surface area contributed by atoms with E-state index in [9.17, 15) is 0 Å². The van der Waals surface area contributed by atoms with Gasteiger partial charge in [-0.05, 0) is 36.8 Å². The molecule has 1 fully saturated rings. The zero-order chi connectivity index (χ0) is 17.3. The van der Waals surface area contributed by atoms with Gasteiger partial charge in [-0.3, -0.25) is 4.90 Å². The standard InChI is InChI=1S/C21H28N2O2/c1-2-23(20-6-4-3-5-7-20)18-19-8-10-21(11-9-19)25-17-14-22-12-15-24-16-13-22/h3-11H,2,12-18H2,1H3. The fraction of sp³-hybridized carbons (Fsp3) is 0.429. The Morgan fingerprint density at radius 3 is 2.40 bits per heavy atom. The molecule has 0 unspecified atom stereocenters. The molecule has 0 N–H and O–H groups in total. The van der Waals surface area contributed by atoms with Crippen LogP contribution in [-0.4, -0.2) is 50.9 Å². The number of ether oxygens (including phenoxy) is 2. The summed E-state index contributed by atoms with van der Waals surface area (Å²) in [6.07, 6.45) is 0. The summed E-state index contributed by atoms with van der Waals surface area (Å²) < 4.78 is 11.2. The van der Waals surface area contributed by atoms with Crippen molar-refractivity contribution in [3.05, 3.63) is 60.2 Å². The van der Waals surface area contributed by atoms with E-state index in [2.05, 4.69) is 71.3 Å². The van der Waals surface area contributed by atoms with Crippen LogP contribution in [0.5, 0.6) is 5.75 Å². The van der Waals surface area contributed by atoms with Crippen LogP contribution in [0.3, 0.4) is 0 Å². The maximum absolute atomic E-state index is 5.88. The molecule has 3 rings (SSSR count). The van der Waals surface area contributed by atoms with Gasteiger partial charge in [0.25, 0.3) is 0 Å². The van der Waals surface area contributed by atoms with Crippen LogP contribution in [0.25, 0.3) is 0 Å². The minimum atomic E-state index is 0.727. The van der Waals surface area contributed by atoms with Gasteiger partial charge in [-0.2, -0.15) is 0 Å². The maximum atomic E-state index is 5.88. The van der Waals surface area contributed by atoms with Crippen molar-refractivity contribution >= 4 is 5.69 Å². The van der Waals surface area contributed by atoms with Gasteiger partial charge >= 0.3 is 0 Å². The lowest BCUT2D eigenvalue weighted by atomic mass is 10.2. The topological polar surface area (TPSA) is 24.9 Å². The second-order valence-corrected chi connectivity index (χ2v) is 6.30. The van der Waals surface area contributed by atoms with E-state index in [0.29, 0.717) is 0 Å². The third kappa shape index (κ3) is 5.48. The first-order chi connectivity index (χ1) is 12.3. The summed E-state index contributed by atoms with van der Waals surface area (Å²) in [6, 6.07) is 19.0. The van der Waals surface area contributed by atoms with Gasteiger partial charge < -0.3 is 14.4 Å². The molecule has 4 nitrogen and oxygen atoms in total. The molecule has 1 saturated heterocycles. The molecule has 134 valence electrons. The quantitative estimate of drug-likeness (QED) is 0.735. The number of hydrogen-bond acceptors (Lipinski definition) is 4. The molecule has 0 amide bonds. The number of morpholine rings is 1. The van der Waals surface area contributed by atoms with Crippen molar-refractivity contribution in [2.24, 2.45) is 0 Å². The van der Waals surface area contributed by atoms with Crippen molar-refractivity contribution < 1.29 is 9.47 Å². The monoisotopic (exact) mass is 340 g/mol. The smallest absolute Gasteiger partial charge is 0.119 e. The third-order valence-corrected chi connectivity index (χ3v) is 4.58. The molecule has 1 heterocycles. The molecule has 0 bridgehead atoms. The molecule has 0 radical (unpaired) electrons. The summed E-state index contributed by atoms with van der Waals surface area (Å²) in [4.78, 5) is 4.76. The highest BCUT2D eigenvalue weighted by Gasteiger charge is 2.10. The SMILES string of the molecule is CCN(Cc1ccc(OCCN2CCOCC2)cc1)c1ccccc1. The summed E-state index contributed by atoms with van der Waals surface area (Å²) in [5, 5.41) is 0. The lowest BCUT2D eigenvalue weighted by molar-refractivity contribution is 0.0322. The zero-order valence-electron chi connectivity index (χ0n) is 15.1. The summed E-state index contributed by atoms with van der Waals surface area (Å²) in [5.74, 6) is 0.944. The lowest BCUT2D eigenvalue weighted by Crippen LogP contribution is -2.38. The maximum Gasteiger partial charge on any atom is 0.119 e. The van der Waals surface area contributed by atoms with E-state index in [0.717, 1.165) is 58.3 Å². The van der Waals surface area contributed by atoms with Gasteiger partial charge in [0.15, 0.2) is 0 Å². The molecule has 2 aromatic carbocycles. The Bertz CT molecular complexity index is 610. The summed E-state index contributed by atoms with van der Waals surface area (Å²) in [5.41, 5.74) is 2.56. The zero-order valence-corrected chi connectivity index (χ0v) is 15.1. The van der Waals surface area contributed by atoms with Crippen molar-refractivity contribution in [1.82, 2.24) is 4.90 Å². The number of hydrogen-bond donors (Lipinski definition) is 0. The van der Waals surface area contributed by atoms with Crippen LogP contribution in [0, 0.1) is 0 Å². The summed E-state index contributed by atoms with van der Waals surface area (Å²) >= 11 is 0. The molecule has 1 aliphatic rings. The van der Waals surface area contributed by atoms with E-state index in [1.807, 2.05) is 0 Å². The van der Waals surface area contributed by atoms with Gasteiger partial charge in [-0.15, -0.1) is 0 Å². The molecule has 2 aromatic rings. The van der Waals surface area contributed by atoms with Crippen molar-refractivity contribution in [3.8, 4) is 5.75 Å². The summed E-state index contributed by atoms with van der Waals surface area (Å²) in [6.45, 7) is 9.47. The fourth-order valence-corrected chi connectivity index (χ4v) is 3.05. The highest BCUT2D eigenvalue weighted by Crippen LogP contribution is 2.18. The lowest BCUT2D eigenvalue weighted by Gasteiger charge is -2.26. The molecule has 1 aliphatic heterocycles. The third-order valence-electron chi connectivity index (χ3n) is 4.58. The van der Waals surface area contributed by atoms with Gasteiger partial charge in [0, 0.05) is 38.4 Å². The predicted octanol–water partition coefficient (Wildman–Crippen LogP) is 3.42. The molecule has 0 aromatic heterocycles. The Hall–Kier alpha value is -2.04. The van der Waals surface area contributed by atoms with E-state index < -0.39 is 0 Å². The molecule has 25 heavy (non-hydrogen) atoms. The van der Waals surface area contributed by atoms with Crippen molar-refractivity contribution in [3.63, 3.8) is 0 Å². The van der Waals surface area contributed by atoms with E-state index in [1.54, 1.807) is 0 Å². The van der Waals surface area contributed by atoms with Crippen LogP contribution >= 0.6 is 0 Å². The van der Waals surface area contributed by atoms with E-state index in [1.165, 1.54) is 11.3 Å². The minimum Gasteiger partial charge on any atom is -0.492 e. The Kier molecular flexibility index (Phi) is 6.71. The van der Waals surface area contributed by atoms with Gasteiger partial charge in [0.1, 0.15) is 12.4 Å². The van der Waals surface area contributed by atoms with Crippen LogP contribution in [0.2, 0.25) is 0 Å². The molecule has 0 atom stereocenters. The first-order valence-electron chi connectivity index (χ1n) is 9.17. The Morgan fingerprint density at radius 2 is 1.72 bits per heavy atom. The normalized spacial score (nSPS) is 15.1. The number of nitrogens with zero attached hydrogens (tertiary/aromatic N) is 2. The Balaban J connectivity index is 1.48. The number of para-hydroxylation sites is 1. The highest BCUT2D eigenvalue weighted by molar-refractivity contribution is 5.46. The van der Waals surface area contributed by atoms with Crippen LogP contribution < -0.4 is 9.64 Å². The van der Waals surface area contributed by atoms with E-state index >= 15 is 0 Å². The van der Waals surface area contributed by atoms with Crippen molar-refractivity contribution in [2.75, 3.05) is 50.9 Å². The number of rotatable bonds is 8. The van der Waals surface area contributed by atoms with Gasteiger partial charge in [-0.25, -0.2) is 0 Å². The van der Waals surface area contributed by atoms with Crippen LogP contribution in [0.15, 0.2) is 54.6 Å². The average molecular weight is 340 g/mol. The predicted molar refractivity (Wildman–Crippen MR) is 102 cm³/mol. The number of anilines is 1. The van der Waals surface area contributed by atoms with E-state index in [-0.39, 0.29) is 0 Å². The molecule has 4 heteroatoms. The molecular weight excluding hydrogens is 312 g/mol. The van der Waals surface area contributed by atoms with Crippen LogP contribution in [-0.2, 0) is 11.3 Å². The largest absolute Gasteiger partial charge is 0.492 e. The fourth-order valence-electron chi connectivity index (χ4n) is 3.05. The summed E-state index contributed by atoms with van der Waals surface area (Å²) in [7, 11) is 0. The Morgan fingerprint density at radius 1 is 1.00 bits per heavy atom. The first-order valence-corrected chi connectivity index (χ1v) is 9.17. The van der Waals surface area contributed by atoms with Gasteiger partial charge in [0.2, 0.25) is 0 Å². The van der Waals surface area contributed by atoms with Gasteiger partial charge in [-0.1, -0.05) is 30.3 Å². The molecular formula is C21H28N2O2. The molecule has 0 saturated carbocycles. The van der Waals surface area contributed by atoms with Crippen LogP contribution in [0.1, 0.15) is 12.5 Å². The Labute approximate surface area is 151 Å². The van der Waals surface area contributed by atoms with Crippen LogP contribution in [0.4, 0.5) is 5.69 Å². The highest BCUT2D eigenvalue weighted by atomic mass is 16.5. The van der Waals surface area contributed by atoms with Crippen molar-refractivity contribution in [2.45, 2.75) is 13.5 Å². The van der Waals surface area contributed by atoms with Gasteiger partial charge in [0.05, 0.1) is 13.2 Å². The second kappa shape index (κ2) is 9.44. The molecule has 0 spiro atoms.